The Kier molecular flexibility index (Phi) is 5.23. The number of carbonyl (C=O) groups excluding carboxylic acids is 1. The van der Waals surface area contributed by atoms with Crippen molar-refractivity contribution in [1.82, 2.24) is 5.32 Å². The molecule has 3 rings (SSSR count). The Labute approximate surface area is 147 Å². The second-order valence-electron chi connectivity index (χ2n) is 5.97. The molecule has 0 radical (unpaired) electrons. The van der Waals surface area contributed by atoms with Gasteiger partial charge in [-0.05, 0) is 42.8 Å². The molecule has 1 fully saturated rings. The molecule has 0 unspecified atom stereocenters. The molecule has 1 heterocycles. The number of amides is 1. The lowest BCUT2D eigenvalue weighted by Gasteiger charge is -2.12. The van der Waals surface area contributed by atoms with Gasteiger partial charge in [0, 0.05) is 17.4 Å². The van der Waals surface area contributed by atoms with Crippen LogP contribution >= 0.6 is 0 Å². The molecule has 6 nitrogen and oxygen atoms in total. The van der Waals surface area contributed by atoms with Crippen LogP contribution in [0, 0.1) is 0 Å². The van der Waals surface area contributed by atoms with Crippen LogP contribution in [0.3, 0.4) is 0 Å². The van der Waals surface area contributed by atoms with E-state index < -0.39 is 9.84 Å². The van der Waals surface area contributed by atoms with Gasteiger partial charge in [0.05, 0.1) is 11.5 Å². The lowest BCUT2D eigenvalue weighted by Crippen LogP contribution is -2.38. The zero-order valence-corrected chi connectivity index (χ0v) is 14.5. The quantitative estimate of drug-likeness (QED) is 0.824. The van der Waals surface area contributed by atoms with Gasteiger partial charge >= 0.3 is 0 Å². The first-order chi connectivity index (χ1) is 12.0. The number of benzene rings is 2. The molecule has 7 heteroatoms. The highest BCUT2D eigenvalue weighted by Gasteiger charge is 2.28. The summed E-state index contributed by atoms with van der Waals surface area (Å²) in [6, 6.07) is 16.8. The summed E-state index contributed by atoms with van der Waals surface area (Å²) in [7, 11) is -3.00. The van der Waals surface area contributed by atoms with Gasteiger partial charge in [0.15, 0.2) is 16.4 Å². The lowest BCUT2D eigenvalue weighted by atomic mass is 10.2. The maximum absolute atomic E-state index is 11.8. The van der Waals surface area contributed by atoms with E-state index in [2.05, 4.69) is 10.6 Å². The van der Waals surface area contributed by atoms with Crippen LogP contribution in [-0.4, -0.2) is 38.5 Å². The minimum absolute atomic E-state index is 0.0125. The van der Waals surface area contributed by atoms with E-state index in [1.807, 2.05) is 42.5 Å². The van der Waals surface area contributed by atoms with Gasteiger partial charge in [-0.2, -0.15) is 0 Å². The predicted molar refractivity (Wildman–Crippen MR) is 96.9 cm³/mol. The van der Waals surface area contributed by atoms with Crippen molar-refractivity contribution >= 4 is 27.1 Å². The molecule has 0 bridgehead atoms. The van der Waals surface area contributed by atoms with Crippen molar-refractivity contribution in [3.63, 3.8) is 0 Å². The van der Waals surface area contributed by atoms with Crippen molar-refractivity contribution in [2.75, 3.05) is 23.4 Å². The van der Waals surface area contributed by atoms with Crippen LogP contribution in [0.25, 0.3) is 0 Å². The van der Waals surface area contributed by atoms with E-state index in [9.17, 15) is 13.2 Å². The first kappa shape index (κ1) is 17.3. The molecule has 2 N–H and O–H groups in total. The van der Waals surface area contributed by atoms with Crippen molar-refractivity contribution in [1.29, 1.82) is 0 Å². The van der Waals surface area contributed by atoms with E-state index in [0.717, 1.165) is 11.4 Å². The van der Waals surface area contributed by atoms with E-state index in [1.165, 1.54) is 0 Å². The topological polar surface area (TPSA) is 84.5 Å². The molecular weight excluding hydrogens is 340 g/mol. The third kappa shape index (κ3) is 5.22. The van der Waals surface area contributed by atoms with Crippen molar-refractivity contribution in [2.24, 2.45) is 0 Å². The summed E-state index contributed by atoms with van der Waals surface area (Å²) in [6.45, 7) is -0.137. The van der Waals surface area contributed by atoms with Gasteiger partial charge in [-0.3, -0.25) is 4.79 Å². The molecule has 0 aliphatic carbocycles. The van der Waals surface area contributed by atoms with E-state index in [4.69, 9.17) is 4.74 Å². The summed E-state index contributed by atoms with van der Waals surface area (Å²) >= 11 is 0. The number of ether oxygens (including phenoxy) is 1. The fourth-order valence-electron chi connectivity index (χ4n) is 2.65. The first-order valence-electron chi connectivity index (χ1n) is 8.05. The molecule has 0 aromatic heterocycles. The minimum Gasteiger partial charge on any atom is -0.484 e. The van der Waals surface area contributed by atoms with Gasteiger partial charge in [-0.15, -0.1) is 0 Å². The highest BCUT2D eigenvalue weighted by Crippen LogP contribution is 2.19. The van der Waals surface area contributed by atoms with Crippen molar-refractivity contribution in [3.05, 3.63) is 54.6 Å². The SMILES string of the molecule is O=C(COc1ccc(Nc2ccccc2)cc1)N[C@@H]1CCS(=O)(=O)C1. The van der Waals surface area contributed by atoms with Crippen LogP contribution in [-0.2, 0) is 14.6 Å². The molecule has 2 aromatic carbocycles. The van der Waals surface area contributed by atoms with Crippen LogP contribution < -0.4 is 15.4 Å². The van der Waals surface area contributed by atoms with E-state index in [-0.39, 0.29) is 30.1 Å². The predicted octanol–water partition coefficient (Wildman–Crippen LogP) is 2.11. The summed E-state index contributed by atoms with van der Waals surface area (Å²) in [5.41, 5.74) is 1.90. The molecular formula is C18H20N2O4S. The number of anilines is 2. The number of hydrogen-bond donors (Lipinski definition) is 2. The number of para-hydroxylation sites is 1. The second kappa shape index (κ2) is 7.57. The summed E-state index contributed by atoms with van der Waals surface area (Å²) in [5, 5.41) is 5.95. The standard InChI is InChI=1S/C18H20N2O4S/c21-18(20-16-10-11-25(22,23)13-16)12-24-17-8-6-15(7-9-17)19-14-4-2-1-3-5-14/h1-9,16,19H,10-13H2,(H,20,21)/t16-/m1/s1. The third-order valence-electron chi connectivity index (χ3n) is 3.88. The van der Waals surface area contributed by atoms with Gasteiger partial charge in [0.25, 0.3) is 5.91 Å². The average Bonchev–Trinajstić information content (AvgIpc) is 2.94. The molecule has 1 saturated heterocycles. The fraction of sp³-hybridized carbons (Fsp3) is 0.278. The van der Waals surface area contributed by atoms with Crippen LogP contribution in [0.5, 0.6) is 5.75 Å². The Hall–Kier alpha value is -2.54. The van der Waals surface area contributed by atoms with Gasteiger partial charge in [-0.1, -0.05) is 18.2 Å². The van der Waals surface area contributed by atoms with Crippen LogP contribution in [0.2, 0.25) is 0 Å². The molecule has 1 amide bonds. The Morgan fingerprint density at radius 2 is 1.72 bits per heavy atom. The van der Waals surface area contributed by atoms with Gasteiger partial charge in [0.1, 0.15) is 5.75 Å². The third-order valence-corrected chi connectivity index (χ3v) is 5.65. The van der Waals surface area contributed by atoms with E-state index in [1.54, 1.807) is 12.1 Å². The largest absolute Gasteiger partial charge is 0.484 e. The average molecular weight is 360 g/mol. The molecule has 1 aliphatic heterocycles. The highest BCUT2D eigenvalue weighted by molar-refractivity contribution is 7.91. The first-order valence-corrected chi connectivity index (χ1v) is 9.87. The summed E-state index contributed by atoms with van der Waals surface area (Å²) in [4.78, 5) is 11.8. The summed E-state index contributed by atoms with van der Waals surface area (Å²) in [5.74, 6) is 0.411. The molecule has 25 heavy (non-hydrogen) atoms. The van der Waals surface area contributed by atoms with Crippen molar-refractivity contribution < 1.29 is 17.9 Å². The monoisotopic (exact) mass is 360 g/mol. The molecule has 132 valence electrons. The number of hydrogen-bond acceptors (Lipinski definition) is 5. The van der Waals surface area contributed by atoms with Gasteiger partial charge < -0.3 is 15.4 Å². The second-order valence-corrected chi connectivity index (χ2v) is 8.20. The maximum Gasteiger partial charge on any atom is 0.258 e. The number of rotatable bonds is 6. The van der Waals surface area contributed by atoms with Gasteiger partial charge in [-0.25, -0.2) is 8.42 Å². The Bertz CT molecular complexity index is 820. The van der Waals surface area contributed by atoms with Crippen LogP contribution in [0.4, 0.5) is 11.4 Å². The molecule has 0 spiro atoms. The number of nitrogens with one attached hydrogen (secondary N) is 2. The van der Waals surface area contributed by atoms with Crippen LogP contribution in [0.15, 0.2) is 54.6 Å². The van der Waals surface area contributed by atoms with Crippen molar-refractivity contribution in [3.8, 4) is 5.75 Å². The highest BCUT2D eigenvalue weighted by atomic mass is 32.2. The summed E-state index contributed by atoms with van der Waals surface area (Å²) in [6.07, 6.45) is 0.466. The minimum atomic E-state index is -3.00. The zero-order valence-electron chi connectivity index (χ0n) is 13.6. The Morgan fingerprint density at radius 1 is 1.04 bits per heavy atom. The fourth-order valence-corrected chi connectivity index (χ4v) is 4.32. The smallest absolute Gasteiger partial charge is 0.258 e. The lowest BCUT2D eigenvalue weighted by molar-refractivity contribution is -0.123. The van der Waals surface area contributed by atoms with E-state index in [0.29, 0.717) is 12.2 Å². The zero-order chi connectivity index (χ0) is 17.7. The van der Waals surface area contributed by atoms with Crippen molar-refractivity contribution in [2.45, 2.75) is 12.5 Å². The molecule has 0 saturated carbocycles. The molecule has 2 aromatic rings. The normalized spacial score (nSPS) is 18.5. The number of sulfone groups is 1. The van der Waals surface area contributed by atoms with Crippen LogP contribution in [0.1, 0.15) is 6.42 Å². The van der Waals surface area contributed by atoms with Gasteiger partial charge in [0.2, 0.25) is 0 Å². The Morgan fingerprint density at radius 3 is 2.36 bits per heavy atom. The molecule has 1 aliphatic rings. The Balaban J connectivity index is 1.46. The number of carbonyl (C=O) groups is 1. The summed E-state index contributed by atoms with van der Waals surface area (Å²) < 4.78 is 28.2. The molecule has 1 atom stereocenters. The maximum atomic E-state index is 11.8. The van der Waals surface area contributed by atoms with E-state index >= 15 is 0 Å².